The lowest BCUT2D eigenvalue weighted by atomic mass is 9.88. The van der Waals surface area contributed by atoms with E-state index in [9.17, 15) is 4.79 Å². The predicted molar refractivity (Wildman–Crippen MR) is 84.2 cm³/mol. The van der Waals surface area contributed by atoms with Crippen molar-refractivity contribution in [1.82, 2.24) is 15.5 Å². The molecule has 2 aliphatic rings. The lowest BCUT2D eigenvalue weighted by Crippen LogP contribution is -2.53. The van der Waals surface area contributed by atoms with Gasteiger partial charge in [-0.3, -0.25) is 9.69 Å². The number of aryl methyl sites for hydroxylation is 1. The van der Waals surface area contributed by atoms with E-state index < -0.39 is 0 Å². The van der Waals surface area contributed by atoms with Crippen molar-refractivity contribution in [3.63, 3.8) is 0 Å². The first-order valence-corrected chi connectivity index (χ1v) is 8.06. The Labute approximate surface area is 126 Å². The summed E-state index contributed by atoms with van der Waals surface area (Å²) in [6.45, 7) is 5.59. The first kappa shape index (κ1) is 14.5. The number of nitrogens with zero attached hydrogens (tertiary/aromatic N) is 1. The fourth-order valence-electron chi connectivity index (χ4n) is 3.45. The molecule has 21 heavy (non-hydrogen) atoms. The second-order valence-corrected chi connectivity index (χ2v) is 6.23. The number of piperazine rings is 1. The molecule has 1 fully saturated rings. The van der Waals surface area contributed by atoms with Crippen molar-refractivity contribution < 1.29 is 4.79 Å². The number of fused-ring (bicyclic) bond motifs is 1. The topological polar surface area (TPSA) is 44.4 Å². The minimum absolute atomic E-state index is 0.158. The Morgan fingerprint density at radius 1 is 1.43 bits per heavy atom. The van der Waals surface area contributed by atoms with Crippen LogP contribution in [-0.4, -0.2) is 43.0 Å². The Morgan fingerprint density at radius 3 is 3.14 bits per heavy atom. The van der Waals surface area contributed by atoms with Gasteiger partial charge < -0.3 is 10.6 Å². The monoisotopic (exact) mass is 287 g/mol. The number of hydrogen-bond donors (Lipinski definition) is 2. The molecule has 4 nitrogen and oxygen atoms in total. The van der Waals surface area contributed by atoms with Crippen LogP contribution >= 0.6 is 0 Å². The molecule has 114 valence electrons. The third-order valence-electron chi connectivity index (χ3n) is 4.69. The summed E-state index contributed by atoms with van der Waals surface area (Å²) < 4.78 is 0. The molecule has 1 aliphatic heterocycles. The molecule has 3 rings (SSSR count). The highest BCUT2D eigenvalue weighted by atomic mass is 16.2. The van der Waals surface area contributed by atoms with Crippen molar-refractivity contribution in [2.24, 2.45) is 0 Å². The maximum atomic E-state index is 12.4. The number of carbonyl (C=O) groups is 1. The molecule has 0 spiro atoms. The van der Waals surface area contributed by atoms with Crippen molar-refractivity contribution in [2.75, 3.05) is 26.2 Å². The first-order valence-electron chi connectivity index (χ1n) is 8.06. The van der Waals surface area contributed by atoms with E-state index in [0.717, 1.165) is 38.9 Å². The van der Waals surface area contributed by atoms with Gasteiger partial charge in [0, 0.05) is 25.7 Å². The van der Waals surface area contributed by atoms with Crippen LogP contribution in [-0.2, 0) is 11.2 Å². The van der Waals surface area contributed by atoms with Crippen LogP contribution in [0.4, 0.5) is 0 Å². The van der Waals surface area contributed by atoms with Crippen LogP contribution in [0.2, 0.25) is 0 Å². The zero-order chi connectivity index (χ0) is 14.7. The van der Waals surface area contributed by atoms with Gasteiger partial charge in [-0.2, -0.15) is 0 Å². The lowest BCUT2D eigenvalue weighted by molar-refractivity contribution is -0.123. The summed E-state index contributed by atoms with van der Waals surface area (Å²) in [7, 11) is 0. The Morgan fingerprint density at radius 2 is 2.29 bits per heavy atom. The summed E-state index contributed by atoms with van der Waals surface area (Å²) in [6.07, 6.45) is 3.35. The van der Waals surface area contributed by atoms with Crippen molar-refractivity contribution in [3.8, 4) is 0 Å². The van der Waals surface area contributed by atoms with Gasteiger partial charge >= 0.3 is 0 Å². The van der Waals surface area contributed by atoms with E-state index in [0.29, 0.717) is 12.6 Å². The summed E-state index contributed by atoms with van der Waals surface area (Å²) in [5.74, 6) is 0.158. The second kappa shape index (κ2) is 6.58. The van der Waals surface area contributed by atoms with E-state index in [4.69, 9.17) is 0 Å². The molecule has 2 atom stereocenters. The zero-order valence-electron chi connectivity index (χ0n) is 12.8. The van der Waals surface area contributed by atoms with Gasteiger partial charge in [-0.25, -0.2) is 0 Å². The van der Waals surface area contributed by atoms with Gasteiger partial charge in [0.1, 0.15) is 0 Å². The van der Waals surface area contributed by atoms with Gasteiger partial charge in [0.05, 0.1) is 12.6 Å². The molecule has 1 amide bonds. The summed E-state index contributed by atoms with van der Waals surface area (Å²) >= 11 is 0. The summed E-state index contributed by atoms with van der Waals surface area (Å²) in [5.41, 5.74) is 2.70. The van der Waals surface area contributed by atoms with Gasteiger partial charge in [-0.15, -0.1) is 0 Å². The molecular formula is C17H25N3O. The van der Waals surface area contributed by atoms with E-state index in [2.05, 4.69) is 46.7 Å². The van der Waals surface area contributed by atoms with Crippen LogP contribution in [0.15, 0.2) is 24.3 Å². The average Bonchev–Trinajstić information content (AvgIpc) is 2.50. The number of rotatable bonds is 3. The number of hydrogen-bond acceptors (Lipinski definition) is 3. The summed E-state index contributed by atoms with van der Waals surface area (Å²) in [5, 5.41) is 6.60. The molecule has 2 N–H and O–H groups in total. The number of carbonyl (C=O) groups excluding carboxylic acids is 1. The first-order chi connectivity index (χ1) is 10.2. The van der Waals surface area contributed by atoms with Crippen LogP contribution < -0.4 is 10.6 Å². The summed E-state index contributed by atoms with van der Waals surface area (Å²) in [4.78, 5) is 14.6. The highest BCUT2D eigenvalue weighted by Crippen LogP contribution is 2.29. The van der Waals surface area contributed by atoms with Crippen molar-refractivity contribution in [2.45, 2.75) is 38.3 Å². The van der Waals surface area contributed by atoms with Crippen LogP contribution in [0.5, 0.6) is 0 Å². The molecule has 0 radical (unpaired) electrons. The molecular weight excluding hydrogens is 262 g/mol. The largest absolute Gasteiger partial charge is 0.348 e. The Bertz CT molecular complexity index is 503. The predicted octanol–water partition coefficient (Wildman–Crippen LogP) is 1.47. The maximum absolute atomic E-state index is 12.4. The van der Waals surface area contributed by atoms with Crippen LogP contribution in [0, 0.1) is 0 Å². The van der Waals surface area contributed by atoms with Gasteiger partial charge in [0.2, 0.25) is 5.91 Å². The number of benzene rings is 1. The number of nitrogens with one attached hydrogen (secondary N) is 2. The molecule has 0 saturated carbocycles. The minimum atomic E-state index is 0.158. The molecule has 0 aromatic heterocycles. The second-order valence-electron chi connectivity index (χ2n) is 6.23. The fraction of sp³-hybridized carbons (Fsp3) is 0.588. The van der Waals surface area contributed by atoms with Crippen molar-refractivity contribution in [1.29, 1.82) is 0 Å². The van der Waals surface area contributed by atoms with Crippen molar-refractivity contribution >= 4 is 5.91 Å². The van der Waals surface area contributed by atoms with Gasteiger partial charge in [0.15, 0.2) is 0 Å². The Balaban J connectivity index is 1.60. The van der Waals surface area contributed by atoms with E-state index in [1.54, 1.807) is 0 Å². The molecule has 1 unspecified atom stereocenters. The quantitative estimate of drug-likeness (QED) is 0.885. The Hall–Kier alpha value is -1.39. The van der Waals surface area contributed by atoms with Gasteiger partial charge in [-0.05, 0) is 37.3 Å². The molecule has 0 bridgehead atoms. The van der Waals surface area contributed by atoms with Crippen LogP contribution in [0.3, 0.4) is 0 Å². The Kier molecular flexibility index (Phi) is 4.56. The molecule has 1 aromatic rings. The fourth-order valence-corrected chi connectivity index (χ4v) is 3.45. The van der Waals surface area contributed by atoms with Crippen molar-refractivity contribution in [3.05, 3.63) is 35.4 Å². The van der Waals surface area contributed by atoms with Crippen LogP contribution in [0.1, 0.15) is 36.9 Å². The zero-order valence-corrected chi connectivity index (χ0v) is 12.8. The highest BCUT2D eigenvalue weighted by Gasteiger charge is 2.24. The highest BCUT2D eigenvalue weighted by molar-refractivity contribution is 5.78. The SMILES string of the molecule is C[C@H]1CNCCN1CC(=O)NC1CCCc2ccccc21. The molecule has 4 heteroatoms. The molecule has 1 heterocycles. The third kappa shape index (κ3) is 3.44. The lowest BCUT2D eigenvalue weighted by Gasteiger charge is -2.34. The average molecular weight is 287 g/mol. The molecule has 1 aromatic carbocycles. The van der Waals surface area contributed by atoms with E-state index in [1.165, 1.54) is 11.1 Å². The van der Waals surface area contributed by atoms with Gasteiger partial charge in [-0.1, -0.05) is 24.3 Å². The smallest absolute Gasteiger partial charge is 0.234 e. The normalized spacial score (nSPS) is 26.1. The van der Waals surface area contributed by atoms with E-state index in [-0.39, 0.29) is 11.9 Å². The summed E-state index contributed by atoms with van der Waals surface area (Å²) in [6, 6.07) is 9.13. The number of amides is 1. The third-order valence-corrected chi connectivity index (χ3v) is 4.69. The van der Waals surface area contributed by atoms with E-state index in [1.807, 2.05) is 0 Å². The minimum Gasteiger partial charge on any atom is -0.348 e. The molecule has 1 aliphatic carbocycles. The van der Waals surface area contributed by atoms with Gasteiger partial charge in [0.25, 0.3) is 0 Å². The standard InChI is InChI=1S/C17H25N3O/c1-13-11-18-9-10-20(13)12-17(21)19-16-8-4-6-14-5-2-3-7-15(14)16/h2-3,5,7,13,16,18H,4,6,8-12H2,1H3,(H,19,21)/t13-,16?/m0/s1. The van der Waals surface area contributed by atoms with E-state index >= 15 is 0 Å². The molecule has 1 saturated heterocycles. The van der Waals surface area contributed by atoms with Crippen LogP contribution in [0.25, 0.3) is 0 Å². The maximum Gasteiger partial charge on any atom is 0.234 e.